The topological polar surface area (TPSA) is 176 Å². The van der Waals surface area contributed by atoms with E-state index in [0.717, 1.165) is 11.3 Å². The van der Waals surface area contributed by atoms with E-state index in [0.29, 0.717) is 68.0 Å². The van der Waals surface area contributed by atoms with Crippen molar-refractivity contribution in [3.8, 4) is 22.6 Å². The summed E-state index contributed by atoms with van der Waals surface area (Å²) in [5.41, 5.74) is 5.39. The summed E-state index contributed by atoms with van der Waals surface area (Å²) in [4.78, 5) is 55.4. The second-order valence-electron chi connectivity index (χ2n) is 11.5. The minimum Gasteiger partial charge on any atom is -0.478 e. The van der Waals surface area contributed by atoms with Gasteiger partial charge in [-0.15, -0.1) is 0 Å². The molecule has 6 aromatic rings. The number of rotatable bonds is 6. The third-order valence-electron chi connectivity index (χ3n) is 7.90. The van der Waals surface area contributed by atoms with E-state index < -0.39 is 11.9 Å². The fraction of sp³-hybridized carbons (Fsp3) is 0.0250. The maximum Gasteiger partial charge on any atom is 0.335 e. The molecule has 2 aliphatic heterocycles. The average Bonchev–Trinajstić information content (AvgIpc) is 3.96. The molecular weight excluding hydrogens is 723 g/mol. The number of carboxylic acids is 2. The Balaban J connectivity index is 0.000000151. The second kappa shape index (κ2) is 15.7. The molecular formula is C40H26Cl2N2O9. The Kier molecular flexibility index (Phi) is 10.7. The number of fused-ring (bicyclic) bond motifs is 2. The van der Waals surface area contributed by atoms with Crippen LogP contribution in [-0.2, 0) is 16.0 Å². The molecule has 4 aromatic carbocycles. The molecule has 4 heterocycles. The number of nitrogens with one attached hydrogen (secondary N) is 2. The number of hydrogen-bond acceptors (Lipinski definition) is 7. The summed E-state index contributed by atoms with van der Waals surface area (Å²) in [5.74, 6) is -0.486. The van der Waals surface area contributed by atoms with Crippen molar-refractivity contribution < 1.29 is 43.0 Å². The molecule has 264 valence electrons. The van der Waals surface area contributed by atoms with Crippen LogP contribution in [-0.4, -0.2) is 40.3 Å². The summed E-state index contributed by atoms with van der Waals surface area (Å²) >= 11 is 11.8. The molecule has 0 saturated carbocycles. The number of aromatic carboxylic acids is 2. The van der Waals surface area contributed by atoms with Crippen molar-refractivity contribution >= 4 is 76.3 Å². The number of halogens is 2. The number of aldehydes is 1. The zero-order valence-corrected chi connectivity index (χ0v) is 28.8. The maximum atomic E-state index is 12.2. The molecule has 0 atom stereocenters. The molecule has 0 bridgehead atoms. The fourth-order valence-electron chi connectivity index (χ4n) is 5.41. The molecule has 4 N–H and O–H groups in total. The number of anilines is 2. The Bertz CT molecular complexity index is 2440. The summed E-state index contributed by atoms with van der Waals surface area (Å²) < 4.78 is 11.0. The highest BCUT2D eigenvalue weighted by Gasteiger charge is 2.25. The molecule has 0 radical (unpaired) electrons. The van der Waals surface area contributed by atoms with Gasteiger partial charge in [-0.25, -0.2) is 9.59 Å². The van der Waals surface area contributed by atoms with Gasteiger partial charge < -0.3 is 29.7 Å². The monoisotopic (exact) mass is 748 g/mol. The van der Waals surface area contributed by atoms with Crippen molar-refractivity contribution in [2.45, 2.75) is 6.42 Å². The van der Waals surface area contributed by atoms with E-state index in [1.54, 1.807) is 72.8 Å². The lowest BCUT2D eigenvalue weighted by molar-refractivity contribution is -0.115. The van der Waals surface area contributed by atoms with Crippen LogP contribution in [0.2, 0.25) is 10.0 Å². The van der Waals surface area contributed by atoms with E-state index in [1.807, 2.05) is 12.1 Å². The van der Waals surface area contributed by atoms with Gasteiger partial charge in [0.25, 0.3) is 5.91 Å². The van der Waals surface area contributed by atoms with Gasteiger partial charge in [0.2, 0.25) is 5.91 Å². The molecule has 2 aliphatic rings. The third kappa shape index (κ3) is 8.62. The lowest BCUT2D eigenvalue weighted by Gasteiger charge is -2.00. The Hall–Kier alpha value is -6.69. The van der Waals surface area contributed by atoms with Gasteiger partial charge in [-0.3, -0.25) is 14.4 Å². The zero-order chi connectivity index (χ0) is 37.6. The Morgan fingerprint density at radius 2 is 1.23 bits per heavy atom. The highest BCUT2D eigenvalue weighted by Crippen LogP contribution is 2.36. The van der Waals surface area contributed by atoms with Crippen LogP contribution in [0, 0.1) is 0 Å². The number of carbonyl (C=O) groups excluding carboxylic acids is 3. The van der Waals surface area contributed by atoms with Gasteiger partial charge in [-0.05, 0) is 96.6 Å². The minimum absolute atomic E-state index is 0.0438. The number of amides is 2. The van der Waals surface area contributed by atoms with Crippen LogP contribution in [0.1, 0.15) is 48.2 Å². The maximum absolute atomic E-state index is 12.2. The molecule has 11 nitrogen and oxygen atoms in total. The van der Waals surface area contributed by atoms with Crippen LogP contribution in [0.25, 0.3) is 34.3 Å². The Morgan fingerprint density at radius 3 is 1.81 bits per heavy atom. The van der Waals surface area contributed by atoms with Crippen LogP contribution in [0.3, 0.4) is 0 Å². The quantitative estimate of drug-likeness (QED) is 0.0956. The van der Waals surface area contributed by atoms with Gasteiger partial charge >= 0.3 is 11.9 Å². The number of benzene rings is 4. The standard InChI is InChI=1S/C20H12ClNO4.C12H8O4.C8H6ClNO/c21-13-4-6-17-15(9-13)16(19(23)22-17)10-14-5-7-18(26-14)11-2-1-3-12(8-11)20(24)25;13-7-10-4-5-11(16-10)8-2-1-3-9(6-8)12(14)15;9-6-1-2-7-5(3-6)4-8(11)10-7/h1-10H,(H,22,23)(H,24,25);1-7H,(H,14,15);1-3H,4H2,(H,10,11)/b16-10+;;. The van der Waals surface area contributed by atoms with E-state index in [9.17, 15) is 24.0 Å². The average molecular weight is 750 g/mol. The normalized spacial score (nSPS) is 13.1. The van der Waals surface area contributed by atoms with E-state index >= 15 is 0 Å². The summed E-state index contributed by atoms with van der Waals surface area (Å²) in [6.45, 7) is 0. The number of furan rings is 2. The molecule has 0 aliphatic carbocycles. The van der Waals surface area contributed by atoms with Gasteiger partial charge in [0.1, 0.15) is 17.3 Å². The minimum atomic E-state index is -1.00. The predicted molar refractivity (Wildman–Crippen MR) is 199 cm³/mol. The summed E-state index contributed by atoms with van der Waals surface area (Å²) in [7, 11) is 0. The fourth-order valence-corrected chi connectivity index (χ4v) is 5.78. The van der Waals surface area contributed by atoms with Crippen LogP contribution >= 0.6 is 23.2 Å². The molecule has 2 amide bonds. The number of carbonyl (C=O) groups is 5. The van der Waals surface area contributed by atoms with Gasteiger partial charge in [0.15, 0.2) is 12.0 Å². The van der Waals surface area contributed by atoms with Crippen LogP contribution in [0.15, 0.2) is 118 Å². The van der Waals surface area contributed by atoms with Crippen molar-refractivity contribution in [2.24, 2.45) is 0 Å². The first kappa shape index (κ1) is 36.1. The van der Waals surface area contributed by atoms with Gasteiger partial charge in [-0.2, -0.15) is 0 Å². The molecule has 2 aromatic heterocycles. The molecule has 53 heavy (non-hydrogen) atoms. The van der Waals surface area contributed by atoms with Crippen molar-refractivity contribution in [2.75, 3.05) is 10.6 Å². The van der Waals surface area contributed by atoms with E-state index in [4.69, 9.17) is 42.2 Å². The highest BCUT2D eigenvalue weighted by atomic mass is 35.5. The van der Waals surface area contributed by atoms with Crippen LogP contribution in [0.4, 0.5) is 11.4 Å². The Morgan fingerprint density at radius 1 is 0.660 bits per heavy atom. The van der Waals surface area contributed by atoms with Crippen LogP contribution < -0.4 is 10.6 Å². The molecule has 8 rings (SSSR count). The predicted octanol–water partition coefficient (Wildman–Crippen LogP) is 9.08. The largest absolute Gasteiger partial charge is 0.478 e. The van der Waals surface area contributed by atoms with E-state index in [-0.39, 0.29) is 28.7 Å². The number of hydrogen-bond donors (Lipinski definition) is 4. The van der Waals surface area contributed by atoms with Crippen molar-refractivity contribution in [3.05, 3.63) is 153 Å². The lowest BCUT2D eigenvalue weighted by atomic mass is 10.1. The highest BCUT2D eigenvalue weighted by molar-refractivity contribution is 6.36. The van der Waals surface area contributed by atoms with Crippen LogP contribution in [0.5, 0.6) is 0 Å². The third-order valence-corrected chi connectivity index (χ3v) is 8.37. The summed E-state index contributed by atoms with van der Waals surface area (Å²) in [5, 5.41) is 24.6. The molecule has 0 fully saturated rings. The molecule has 0 unspecified atom stereocenters. The summed E-state index contributed by atoms with van der Waals surface area (Å²) in [6, 6.07) is 30.0. The number of carboxylic acid groups (broad SMARTS) is 2. The lowest BCUT2D eigenvalue weighted by Crippen LogP contribution is -2.03. The van der Waals surface area contributed by atoms with Gasteiger partial charge in [-0.1, -0.05) is 47.5 Å². The van der Waals surface area contributed by atoms with E-state index in [1.165, 1.54) is 30.3 Å². The molecule has 0 spiro atoms. The first-order valence-corrected chi connectivity index (χ1v) is 16.5. The van der Waals surface area contributed by atoms with Crippen molar-refractivity contribution in [3.63, 3.8) is 0 Å². The molecule has 0 saturated heterocycles. The molecule has 13 heteroatoms. The van der Waals surface area contributed by atoms with Gasteiger partial charge in [0.05, 0.1) is 23.1 Å². The first-order valence-electron chi connectivity index (χ1n) is 15.7. The zero-order valence-electron chi connectivity index (χ0n) is 27.3. The second-order valence-corrected chi connectivity index (χ2v) is 12.4. The van der Waals surface area contributed by atoms with Gasteiger partial charge in [0, 0.05) is 38.1 Å². The van der Waals surface area contributed by atoms with Crippen molar-refractivity contribution in [1.82, 2.24) is 0 Å². The first-order chi connectivity index (χ1) is 25.5. The van der Waals surface area contributed by atoms with E-state index in [2.05, 4.69) is 10.6 Å². The summed E-state index contributed by atoms with van der Waals surface area (Å²) in [6.07, 6.45) is 2.70. The van der Waals surface area contributed by atoms with Crippen molar-refractivity contribution in [1.29, 1.82) is 0 Å². The smallest absolute Gasteiger partial charge is 0.335 e. The SMILES string of the molecule is O=C1Cc2cc(Cl)ccc2N1.O=C1Nc2ccc(Cl)cc2/C1=C\c1ccc(-c2cccc(C(=O)O)c2)o1.O=Cc1ccc(-c2cccc(C(=O)O)c2)o1. The Labute approximate surface area is 311 Å².